The van der Waals surface area contributed by atoms with Crippen molar-refractivity contribution in [1.82, 2.24) is 0 Å². The molecule has 0 aromatic carbocycles. The van der Waals surface area contributed by atoms with Crippen LogP contribution in [0.1, 0.15) is 89.0 Å². The minimum atomic E-state index is -0.503. The van der Waals surface area contributed by atoms with Crippen LogP contribution >= 0.6 is 0 Å². The lowest BCUT2D eigenvalue weighted by molar-refractivity contribution is -0.142. The zero-order valence-corrected chi connectivity index (χ0v) is 21.8. The summed E-state index contributed by atoms with van der Waals surface area (Å²) in [5, 5.41) is 0. The number of carbonyl (C=O) groups is 1. The normalized spacial score (nSPS) is 15.5. The van der Waals surface area contributed by atoms with E-state index in [1.807, 2.05) is 62.3 Å². The van der Waals surface area contributed by atoms with Crippen LogP contribution in [0.3, 0.4) is 0 Å². The monoisotopic (exact) mass is 430 g/mol. The number of ether oxygens (including phenoxy) is 4. The lowest BCUT2D eigenvalue weighted by Crippen LogP contribution is -2.43. The third-order valence-electron chi connectivity index (χ3n) is 4.42. The predicted octanol–water partition coefficient (Wildman–Crippen LogP) is 5.69. The first-order chi connectivity index (χ1) is 13.5. The largest absolute Gasteiger partial charge is 0.381 e. The summed E-state index contributed by atoms with van der Waals surface area (Å²) in [6.45, 7) is 25.6. The Morgan fingerprint density at radius 3 is 1.73 bits per heavy atom. The first-order valence-electron chi connectivity index (χ1n) is 11.4. The summed E-state index contributed by atoms with van der Waals surface area (Å²) in [5.74, 6) is 0.632. The molecule has 0 N–H and O–H groups in total. The second-order valence-corrected chi connectivity index (χ2v) is 12.0. The van der Waals surface area contributed by atoms with Gasteiger partial charge in [-0.2, -0.15) is 0 Å². The quantitative estimate of drug-likeness (QED) is 0.331. The second kappa shape index (κ2) is 12.5. The molecule has 0 aliphatic carbocycles. The molecule has 30 heavy (non-hydrogen) atoms. The van der Waals surface area contributed by atoms with E-state index in [4.69, 9.17) is 18.9 Å². The molecule has 0 aromatic rings. The molecule has 5 nitrogen and oxygen atoms in total. The van der Waals surface area contributed by atoms with E-state index < -0.39 is 10.8 Å². The third kappa shape index (κ3) is 15.3. The van der Waals surface area contributed by atoms with Gasteiger partial charge in [0.25, 0.3) is 0 Å². The summed E-state index contributed by atoms with van der Waals surface area (Å²) in [7, 11) is 0. The van der Waals surface area contributed by atoms with E-state index in [0.717, 1.165) is 6.42 Å². The molecule has 0 bridgehead atoms. The van der Waals surface area contributed by atoms with Gasteiger partial charge in [-0.05, 0) is 53.9 Å². The molecule has 0 heterocycles. The standard InChI is InChI=1S/C25H50O5/c1-20(2)16-28-18-25(19-30-24(9,10)11,15-21(26)22(3,4)5)17-27-13-12-14-29-23(6,7)8/h20H,12-19H2,1-11H3. The fraction of sp³-hybridized carbons (Fsp3) is 0.960. The Hall–Kier alpha value is -0.490. The smallest absolute Gasteiger partial charge is 0.139 e. The van der Waals surface area contributed by atoms with Gasteiger partial charge in [0.2, 0.25) is 0 Å². The first kappa shape index (κ1) is 29.5. The van der Waals surface area contributed by atoms with E-state index in [1.54, 1.807) is 0 Å². The van der Waals surface area contributed by atoms with E-state index >= 15 is 0 Å². The van der Waals surface area contributed by atoms with Gasteiger partial charge in [0.05, 0.1) is 31.0 Å². The van der Waals surface area contributed by atoms with Crippen LogP contribution in [0, 0.1) is 16.7 Å². The maximum atomic E-state index is 13.0. The van der Waals surface area contributed by atoms with Gasteiger partial charge in [0.15, 0.2) is 0 Å². The number of ketones is 1. The molecular formula is C25H50O5. The summed E-state index contributed by atoms with van der Waals surface area (Å²) in [6.07, 6.45) is 1.19. The highest BCUT2D eigenvalue weighted by Gasteiger charge is 2.38. The van der Waals surface area contributed by atoms with Crippen molar-refractivity contribution in [2.45, 2.75) is 100 Å². The van der Waals surface area contributed by atoms with Crippen LogP contribution in [0.25, 0.3) is 0 Å². The molecule has 0 aliphatic rings. The molecule has 0 aromatic heterocycles. The third-order valence-corrected chi connectivity index (χ3v) is 4.42. The molecule has 0 fully saturated rings. The number of carbonyl (C=O) groups excluding carboxylic acids is 1. The number of rotatable bonds is 14. The highest BCUT2D eigenvalue weighted by atomic mass is 16.5. The molecule has 0 saturated carbocycles. The van der Waals surface area contributed by atoms with Crippen molar-refractivity contribution in [2.75, 3.05) is 39.6 Å². The van der Waals surface area contributed by atoms with Crippen LogP contribution in [-0.2, 0) is 23.7 Å². The van der Waals surface area contributed by atoms with E-state index in [2.05, 4.69) is 13.8 Å². The molecular weight excluding hydrogens is 380 g/mol. The topological polar surface area (TPSA) is 54.0 Å². The van der Waals surface area contributed by atoms with Gasteiger partial charge >= 0.3 is 0 Å². The maximum absolute atomic E-state index is 13.0. The summed E-state index contributed by atoms with van der Waals surface area (Å²) in [5.41, 5.74) is -1.36. The summed E-state index contributed by atoms with van der Waals surface area (Å²) >= 11 is 0. The molecule has 0 spiro atoms. The molecule has 0 aliphatic heterocycles. The van der Waals surface area contributed by atoms with Gasteiger partial charge in [-0.15, -0.1) is 0 Å². The SMILES string of the molecule is CC(C)COCC(COCCCOC(C)(C)C)(COC(C)(C)C)CC(=O)C(C)(C)C. The number of hydrogen-bond donors (Lipinski definition) is 0. The maximum Gasteiger partial charge on any atom is 0.139 e. The molecule has 1 unspecified atom stereocenters. The Morgan fingerprint density at radius 1 is 0.733 bits per heavy atom. The van der Waals surface area contributed by atoms with Crippen molar-refractivity contribution in [1.29, 1.82) is 0 Å². The molecule has 0 radical (unpaired) electrons. The van der Waals surface area contributed by atoms with Crippen LogP contribution < -0.4 is 0 Å². The van der Waals surface area contributed by atoms with Crippen molar-refractivity contribution < 1.29 is 23.7 Å². The zero-order chi connectivity index (χ0) is 23.6. The van der Waals surface area contributed by atoms with Gasteiger partial charge in [-0.25, -0.2) is 0 Å². The van der Waals surface area contributed by atoms with E-state index in [-0.39, 0.29) is 17.0 Å². The highest BCUT2D eigenvalue weighted by Crippen LogP contribution is 2.31. The van der Waals surface area contributed by atoms with Crippen molar-refractivity contribution in [3.05, 3.63) is 0 Å². The Kier molecular flexibility index (Phi) is 12.3. The van der Waals surface area contributed by atoms with E-state index in [9.17, 15) is 4.79 Å². The fourth-order valence-corrected chi connectivity index (χ4v) is 2.59. The molecule has 5 heteroatoms. The summed E-state index contributed by atoms with van der Waals surface area (Å²) in [6, 6.07) is 0. The van der Waals surface area contributed by atoms with Crippen molar-refractivity contribution >= 4 is 5.78 Å². The Morgan fingerprint density at radius 2 is 1.27 bits per heavy atom. The first-order valence-corrected chi connectivity index (χ1v) is 11.4. The van der Waals surface area contributed by atoms with Gasteiger partial charge in [-0.1, -0.05) is 34.6 Å². The lowest BCUT2D eigenvalue weighted by atomic mass is 9.77. The Bertz CT molecular complexity index is 479. The molecule has 0 rings (SSSR count). The number of hydrogen-bond acceptors (Lipinski definition) is 5. The van der Waals surface area contributed by atoms with Crippen LogP contribution in [0.5, 0.6) is 0 Å². The lowest BCUT2D eigenvalue weighted by Gasteiger charge is -2.37. The van der Waals surface area contributed by atoms with Crippen molar-refractivity contribution in [2.24, 2.45) is 16.7 Å². The Labute approximate surface area is 186 Å². The van der Waals surface area contributed by atoms with Crippen LogP contribution in [0.4, 0.5) is 0 Å². The highest BCUT2D eigenvalue weighted by molar-refractivity contribution is 5.84. The van der Waals surface area contributed by atoms with Crippen molar-refractivity contribution in [3.8, 4) is 0 Å². The number of Topliss-reactive ketones (excluding diaryl/α,β-unsaturated/α-hetero) is 1. The van der Waals surface area contributed by atoms with Gasteiger partial charge in [0, 0.05) is 37.1 Å². The fourth-order valence-electron chi connectivity index (χ4n) is 2.59. The summed E-state index contributed by atoms with van der Waals surface area (Å²) < 4.78 is 24.0. The molecule has 0 saturated heterocycles. The van der Waals surface area contributed by atoms with Crippen LogP contribution in [-0.4, -0.2) is 56.6 Å². The van der Waals surface area contributed by atoms with Gasteiger partial charge in [-0.3, -0.25) is 4.79 Å². The predicted molar refractivity (Wildman–Crippen MR) is 124 cm³/mol. The molecule has 180 valence electrons. The second-order valence-electron chi connectivity index (χ2n) is 12.0. The van der Waals surface area contributed by atoms with Gasteiger partial charge < -0.3 is 18.9 Å². The van der Waals surface area contributed by atoms with Crippen LogP contribution in [0.15, 0.2) is 0 Å². The van der Waals surface area contributed by atoms with Gasteiger partial charge in [0.1, 0.15) is 5.78 Å². The minimum absolute atomic E-state index is 0.145. The average Bonchev–Trinajstić information content (AvgIpc) is 2.53. The Balaban J connectivity index is 5.21. The minimum Gasteiger partial charge on any atom is -0.381 e. The zero-order valence-electron chi connectivity index (χ0n) is 21.8. The van der Waals surface area contributed by atoms with Crippen LogP contribution in [0.2, 0.25) is 0 Å². The van der Waals surface area contributed by atoms with E-state index in [1.165, 1.54) is 0 Å². The molecule has 0 amide bonds. The molecule has 1 atom stereocenters. The summed E-state index contributed by atoms with van der Waals surface area (Å²) in [4.78, 5) is 13.0. The van der Waals surface area contributed by atoms with Crippen molar-refractivity contribution in [3.63, 3.8) is 0 Å². The average molecular weight is 431 g/mol. The van der Waals surface area contributed by atoms with E-state index in [0.29, 0.717) is 52.0 Å².